The highest BCUT2D eigenvalue weighted by atomic mass is 16.1. The average Bonchev–Trinajstić information content (AvgIpc) is 2.36. The van der Waals surface area contributed by atoms with Gasteiger partial charge < -0.3 is 5.32 Å². The third kappa shape index (κ3) is 6.72. The van der Waals surface area contributed by atoms with Crippen LogP contribution < -0.4 is 5.32 Å². The monoisotopic (exact) mass is 234 g/mol. The second-order valence-electron chi connectivity index (χ2n) is 4.27. The van der Waals surface area contributed by atoms with E-state index < -0.39 is 0 Å². The van der Waals surface area contributed by atoms with Gasteiger partial charge in [-0.25, -0.2) is 0 Å². The molecule has 0 aliphatic heterocycles. The summed E-state index contributed by atoms with van der Waals surface area (Å²) in [4.78, 5) is 15.5. The molecule has 0 radical (unpaired) electrons. The number of unbranched alkanes of at least 4 members (excludes halogenated alkanes) is 2. The number of aryl methyl sites for hydroxylation is 1. The largest absolute Gasteiger partial charge is 0.356 e. The molecule has 0 unspecified atom stereocenters. The fourth-order valence-corrected chi connectivity index (χ4v) is 1.69. The van der Waals surface area contributed by atoms with Crippen molar-refractivity contribution < 1.29 is 4.79 Å². The minimum absolute atomic E-state index is 0.171. The summed E-state index contributed by atoms with van der Waals surface area (Å²) in [5.74, 6) is 0.171. The van der Waals surface area contributed by atoms with Crippen molar-refractivity contribution in [1.29, 1.82) is 0 Å². The van der Waals surface area contributed by atoms with Crippen molar-refractivity contribution in [2.45, 2.75) is 45.4 Å². The summed E-state index contributed by atoms with van der Waals surface area (Å²) < 4.78 is 0. The molecule has 0 aliphatic carbocycles. The normalized spacial score (nSPS) is 10.2. The molecule has 0 atom stereocenters. The fourth-order valence-electron chi connectivity index (χ4n) is 1.69. The Balaban J connectivity index is 2.04. The first-order chi connectivity index (χ1) is 8.33. The van der Waals surface area contributed by atoms with Crippen LogP contribution in [0, 0.1) is 0 Å². The molecule has 1 aromatic heterocycles. The number of amides is 1. The maximum atomic E-state index is 11.5. The Labute approximate surface area is 104 Å². The van der Waals surface area contributed by atoms with E-state index in [4.69, 9.17) is 0 Å². The molecule has 0 aromatic carbocycles. The number of nitrogens with zero attached hydrogens (tertiary/aromatic N) is 1. The molecule has 17 heavy (non-hydrogen) atoms. The van der Waals surface area contributed by atoms with Crippen LogP contribution in [0.3, 0.4) is 0 Å². The number of hydrogen-bond donors (Lipinski definition) is 1. The Kier molecular flexibility index (Phi) is 7.03. The Morgan fingerprint density at radius 2 is 2.24 bits per heavy atom. The zero-order valence-corrected chi connectivity index (χ0v) is 10.6. The van der Waals surface area contributed by atoms with Crippen LogP contribution in [0.2, 0.25) is 0 Å². The second-order valence-corrected chi connectivity index (χ2v) is 4.27. The Bertz CT molecular complexity index is 311. The lowest BCUT2D eigenvalue weighted by Crippen LogP contribution is -2.24. The van der Waals surface area contributed by atoms with E-state index in [1.807, 2.05) is 18.3 Å². The molecule has 3 heteroatoms. The SMILES string of the molecule is CCCCCNC(=O)CCCc1cccnc1. The smallest absolute Gasteiger partial charge is 0.220 e. The van der Waals surface area contributed by atoms with Gasteiger partial charge in [-0.3, -0.25) is 9.78 Å². The Morgan fingerprint density at radius 1 is 1.35 bits per heavy atom. The Hall–Kier alpha value is -1.38. The zero-order chi connectivity index (χ0) is 12.3. The van der Waals surface area contributed by atoms with Crippen molar-refractivity contribution in [1.82, 2.24) is 10.3 Å². The van der Waals surface area contributed by atoms with Crippen LogP contribution in [-0.2, 0) is 11.2 Å². The number of rotatable bonds is 8. The van der Waals surface area contributed by atoms with Gasteiger partial charge >= 0.3 is 0 Å². The van der Waals surface area contributed by atoms with E-state index in [1.165, 1.54) is 18.4 Å². The van der Waals surface area contributed by atoms with E-state index in [0.717, 1.165) is 25.8 Å². The first-order valence-corrected chi connectivity index (χ1v) is 6.48. The van der Waals surface area contributed by atoms with Gasteiger partial charge in [0.25, 0.3) is 0 Å². The summed E-state index contributed by atoms with van der Waals surface area (Å²) in [7, 11) is 0. The molecule has 1 amide bonds. The van der Waals surface area contributed by atoms with Crippen LogP contribution in [0.15, 0.2) is 24.5 Å². The summed E-state index contributed by atoms with van der Waals surface area (Å²) in [6, 6.07) is 3.98. The lowest BCUT2D eigenvalue weighted by atomic mass is 10.1. The third-order valence-corrected chi connectivity index (χ3v) is 2.69. The van der Waals surface area contributed by atoms with E-state index in [2.05, 4.69) is 17.2 Å². The second kappa shape index (κ2) is 8.74. The molecule has 94 valence electrons. The molecule has 3 nitrogen and oxygen atoms in total. The lowest BCUT2D eigenvalue weighted by Gasteiger charge is -2.04. The molecule has 0 spiro atoms. The highest BCUT2D eigenvalue weighted by molar-refractivity contribution is 5.75. The first-order valence-electron chi connectivity index (χ1n) is 6.48. The number of nitrogens with one attached hydrogen (secondary N) is 1. The molecular formula is C14H22N2O. The van der Waals surface area contributed by atoms with Gasteiger partial charge in [-0.2, -0.15) is 0 Å². The zero-order valence-electron chi connectivity index (χ0n) is 10.6. The lowest BCUT2D eigenvalue weighted by molar-refractivity contribution is -0.121. The predicted molar refractivity (Wildman–Crippen MR) is 69.7 cm³/mol. The van der Waals surface area contributed by atoms with Crippen molar-refractivity contribution in [2.75, 3.05) is 6.54 Å². The van der Waals surface area contributed by atoms with Crippen molar-refractivity contribution in [2.24, 2.45) is 0 Å². The van der Waals surface area contributed by atoms with Crippen LogP contribution in [0.25, 0.3) is 0 Å². The van der Waals surface area contributed by atoms with E-state index in [9.17, 15) is 4.79 Å². The third-order valence-electron chi connectivity index (χ3n) is 2.69. The van der Waals surface area contributed by atoms with E-state index >= 15 is 0 Å². The van der Waals surface area contributed by atoms with Crippen molar-refractivity contribution in [3.63, 3.8) is 0 Å². The molecule has 1 aromatic rings. The molecule has 0 saturated carbocycles. The number of carbonyl (C=O) groups is 1. The molecule has 0 fully saturated rings. The van der Waals surface area contributed by atoms with E-state index in [1.54, 1.807) is 6.20 Å². The summed E-state index contributed by atoms with van der Waals surface area (Å²) in [6.07, 6.45) is 9.53. The topological polar surface area (TPSA) is 42.0 Å². The predicted octanol–water partition coefficient (Wildman–Crippen LogP) is 2.71. The van der Waals surface area contributed by atoms with Crippen LogP contribution in [0.4, 0.5) is 0 Å². The minimum Gasteiger partial charge on any atom is -0.356 e. The summed E-state index contributed by atoms with van der Waals surface area (Å²) in [6.45, 7) is 2.98. The minimum atomic E-state index is 0.171. The fraction of sp³-hybridized carbons (Fsp3) is 0.571. The summed E-state index contributed by atoms with van der Waals surface area (Å²) in [5, 5.41) is 2.95. The van der Waals surface area contributed by atoms with Gasteiger partial charge in [0.2, 0.25) is 5.91 Å². The van der Waals surface area contributed by atoms with Gasteiger partial charge in [0.15, 0.2) is 0 Å². The number of aromatic nitrogens is 1. The molecule has 0 aliphatic rings. The quantitative estimate of drug-likeness (QED) is 0.703. The van der Waals surface area contributed by atoms with Crippen molar-refractivity contribution in [3.05, 3.63) is 30.1 Å². The first kappa shape index (κ1) is 13.7. The molecule has 1 rings (SSSR count). The van der Waals surface area contributed by atoms with Gasteiger partial charge in [0, 0.05) is 25.4 Å². The molecule has 1 N–H and O–H groups in total. The highest BCUT2D eigenvalue weighted by Gasteiger charge is 2.00. The maximum Gasteiger partial charge on any atom is 0.220 e. The average molecular weight is 234 g/mol. The molecule has 0 bridgehead atoms. The molecule has 0 saturated heterocycles. The number of pyridine rings is 1. The summed E-state index contributed by atoms with van der Waals surface area (Å²) >= 11 is 0. The number of hydrogen-bond acceptors (Lipinski definition) is 2. The van der Waals surface area contributed by atoms with Crippen molar-refractivity contribution >= 4 is 5.91 Å². The van der Waals surface area contributed by atoms with Gasteiger partial charge in [0.1, 0.15) is 0 Å². The maximum absolute atomic E-state index is 11.5. The number of carbonyl (C=O) groups excluding carboxylic acids is 1. The van der Waals surface area contributed by atoms with Crippen LogP contribution in [0.5, 0.6) is 0 Å². The molecular weight excluding hydrogens is 212 g/mol. The van der Waals surface area contributed by atoms with Gasteiger partial charge in [-0.1, -0.05) is 25.8 Å². The Morgan fingerprint density at radius 3 is 2.94 bits per heavy atom. The van der Waals surface area contributed by atoms with Gasteiger partial charge in [-0.05, 0) is 30.9 Å². The van der Waals surface area contributed by atoms with Gasteiger partial charge in [0.05, 0.1) is 0 Å². The van der Waals surface area contributed by atoms with Crippen molar-refractivity contribution in [3.8, 4) is 0 Å². The standard InChI is InChI=1S/C14H22N2O/c1-2-3-4-11-16-14(17)9-5-7-13-8-6-10-15-12-13/h6,8,10,12H,2-5,7,9,11H2,1H3,(H,16,17). The van der Waals surface area contributed by atoms with E-state index in [0.29, 0.717) is 6.42 Å². The highest BCUT2D eigenvalue weighted by Crippen LogP contribution is 2.02. The van der Waals surface area contributed by atoms with Crippen LogP contribution >= 0.6 is 0 Å². The van der Waals surface area contributed by atoms with Gasteiger partial charge in [-0.15, -0.1) is 0 Å². The van der Waals surface area contributed by atoms with Crippen LogP contribution in [-0.4, -0.2) is 17.4 Å². The summed E-state index contributed by atoms with van der Waals surface area (Å²) in [5.41, 5.74) is 1.20. The molecule has 1 heterocycles. The van der Waals surface area contributed by atoms with E-state index in [-0.39, 0.29) is 5.91 Å². The van der Waals surface area contributed by atoms with Crippen LogP contribution in [0.1, 0.15) is 44.6 Å².